The van der Waals surface area contributed by atoms with Gasteiger partial charge in [0.05, 0.1) is 0 Å². The summed E-state index contributed by atoms with van der Waals surface area (Å²) in [5.41, 5.74) is 0. The van der Waals surface area contributed by atoms with Crippen LogP contribution < -0.4 is 0 Å². The molecule has 9 atom stereocenters. The summed E-state index contributed by atoms with van der Waals surface area (Å²) in [4.78, 5) is 94.9. The zero-order valence-electron chi connectivity index (χ0n) is 25.1. The highest BCUT2D eigenvalue weighted by atomic mass is 16.7. The number of hydrogen-bond acceptors (Lipinski definition) is 18. The van der Waals surface area contributed by atoms with Crippen molar-refractivity contribution in [3.8, 4) is 0 Å². The van der Waals surface area contributed by atoms with Crippen LogP contribution in [0.5, 0.6) is 0 Å². The second-order valence-electron chi connectivity index (χ2n) is 9.32. The molecule has 1 aliphatic rings. The molecular formula is C26H36O18. The van der Waals surface area contributed by atoms with Crippen LogP contribution >= 0.6 is 0 Å². The molecule has 0 saturated carbocycles. The summed E-state index contributed by atoms with van der Waals surface area (Å²) in [6, 6.07) is 0. The van der Waals surface area contributed by atoms with Gasteiger partial charge in [0.1, 0.15) is 31.5 Å². The molecule has 0 aromatic rings. The first-order chi connectivity index (χ1) is 20.5. The predicted molar refractivity (Wildman–Crippen MR) is 137 cm³/mol. The van der Waals surface area contributed by atoms with Crippen molar-refractivity contribution < 1.29 is 86.1 Å². The fraction of sp³-hybridized carbons (Fsp3) is 0.692. The lowest BCUT2D eigenvalue weighted by atomic mass is 9.97. The minimum Gasteiger partial charge on any atom is -0.463 e. The Morgan fingerprint density at radius 3 is 1.61 bits per heavy atom. The first kappa shape index (κ1) is 37.9. The summed E-state index contributed by atoms with van der Waals surface area (Å²) in [5.74, 6) is -6.52. The summed E-state index contributed by atoms with van der Waals surface area (Å²) in [6.45, 7) is 5.44. The number of ether oxygens (including phenoxy) is 9. The summed E-state index contributed by atoms with van der Waals surface area (Å²) < 4.78 is 47.5. The van der Waals surface area contributed by atoms with Crippen LogP contribution in [-0.4, -0.2) is 122 Å². The van der Waals surface area contributed by atoms with Crippen molar-refractivity contribution in [3.63, 3.8) is 0 Å². The van der Waals surface area contributed by atoms with Gasteiger partial charge < -0.3 is 47.7 Å². The minimum atomic E-state index is -1.96. The molecule has 248 valence electrons. The van der Waals surface area contributed by atoms with Crippen LogP contribution in [-0.2, 0) is 81.0 Å². The zero-order valence-corrected chi connectivity index (χ0v) is 25.1. The average molecular weight is 637 g/mol. The van der Waals surface area contributed by atoms with Crippen LogP contribution in [0.3, 0.4) is 0 Å². The van der Waals surface area contributed by atoms with Crippen molar-refractivity contribution >= 4 is 48.1 Å². The van der Waals surface area contributed by atoms with Gasteiger partial charge in [0.2, 0.25) is 0 Å². The number of rotatable bonds is 15. The number of esters is 7. The van der Waals surface area contributed by atoms with Gasteiger partial charge in [-0.2, -0.15) is 0 Å². The van der Waals surface area contributed by atoms with Gasteiger partial charge in [0, 0.05) is 48.5 Å². The molecule has 44 heavy (non-hydrogen) atoms. The van der Waals surface area contributed by atoms with Gasteiger partial charge >= 0.3 is 41.8 Å². The Kier molecular flexibility index (Phi) is 15.3. The van der Waals surface area contributed by atoms with Gasteiger partial charge in [-0.1, -0.05) is 0 Å². The van der Waals surface area contributed by atoms with Gasteiger partial charge in [-0.15, -0.1) is 0 Å². The Bertz CT molecular complexity index is 1070. The molecule has 1 rings (SSSR count). The van der Waals surface area contributed by atoms with Crippen LogP contribution in [0.15, 0.2) is 0 Å². The quantitative estimate of drug-likeness (QED) is 0.121. The Labute approximate surface area is 251 Å². The monoisotopic (exact) mass is 636 g/mol. The molecule has 1 saturated heterocycles. The molecule has 0 spiro atoms. The maximum atomic E-state index is 12.1. The fourth-order valence-corrected chi connectivity index (χ4v) is 4.01. The topological polar surface area (TPSA) is 240 Å². The molecule has 0 unspecified atom stereocenters. The molecule has 18 nitrogen and oxygen atoms in total. The lowest BCUT2D eigenvalue weighted by molar-refractivity contribution is -0.330. The van der Waals surface area contributed by atoms with Crippen molar-refractivity contribution in [2.75, 3.05) is 13.2 Å². The molecule has 18 heteroatoms. The zero-order chi connectivity index (χ0) is 33.7. The number of aldehydes is 1. The van der Waals surface area contributed by atoms with Crippen molar-refractivity contribution in [2.45, 2.75) is 104 Å². The van der Waals surface area contributed by atoms with E-state index in [0.29, 0.717) is 0 Å². The molecule has 0 radical (unpaired) electrons. The van der Waals surface area contributed by atoms with E-state index in [1.54, 1.807) is 0 Å². The molecular weight excluding hydrogens is 600 g/mol. The maximum Gasteiger partial charge on any atom is 0.303 e. The van der Waals surface area contributed by atoms with E-state index in [2.05, 4.69) is 0 Å². The Morgan fingerprint density at radius 2 is 1.16 bits per heavy atom. The predicted octanol–water partition coefficient (Wildman–Crippen LogP) is -1.56. The van der Waals surface area contributed by atoms with Gasteiger partial charge in [0.15, 0.2) is 43.1 Å². The van der Waals surface area contributed by atoms with E-state index >= 15 is 0 Å². The maximum absolute atomic E-state index is 12.1. The lowest BCUT2D eigenvalue weighted by Crippen LogP contribution is -2.64. The Hall–Kier alpha value is -4.16. The second kappa shape index (κ2) is 17.8. The average Bonchev–Trinajstić information content (AvgIpc) is 2.88. The van der Waals surface area contributed by atoms with E-state index in [-0.39, 0.29) is 6.29 Å². The van der Waals surface area contributed by atoms with Crippen LogP contribution in [0.25, 0.3) is 0 Å². The minimum absolute atomic E-state index is 0.0666. The lowest BCUT2D eigenvalue weighted by Gasteiger charge is -2.45. The third kappa shape index (κ3) is 12.6. The first-order valence-corrected chi connectivity index (χ1v) is 13.0. The van der Waals surface area contributed by atoms with Gasteiger partial charge in [-0.25, -0.2) is 0 Å². The van der Waals surface area contributed by atoms with Crippen molar-refractivity contribution in [1.82, 2.24) is 0 Å². The number of aliphatic hydroxyl groups is 1. The SMILES string of the molecule is CC(=O)OC[C@@H](O)[C@@H](O[C@H]1O[C@H](COC(C)=O)[C@@H](OC(C)=O)[C@H](OC(C)=O)[C@H]1OC(C)=O)[C@H](OC(C)=O)[C@H](C=O)OC(C)=O. The largest absolute Gasteiger partial charge is 0.463 e. The molecule has 0 aliphatic carbocycles. The van der Waals surface area contributed by atoms with E-state index in [9.17, 15) is 43.5 Å². The van der Waals surface area contributed by atoms with Crippen molar-refractivity contribution in [3.05, 3.63) is 0 Å². The molecule has 1 heterocycles. The third-order valence-corrected chi connectivity index (χ3v) is 5.46. The molecule has 0 amide bonds. The van der Waals surface area contributed by atoms with E-state index in [4.69, 9.17) is 42.6 Å². The molecule has 0 aromatic carbocycles. The highest BCUT2D eigenvalue weighted by molar-refractivity contribution is 5.72. The summed E-state index contributed by atoms with van der Waals surface area (Å²) in [6.07, 6.45) is -16.1. The molecule has 0 aromatic heterocycles. The summed E-state index contributed by atoms with van der Waals surface area (Å²) in [5, 5.41) is 11.0. The molecule has 1 fully saturated rings. The van der Waals surface area contributed by atoms with Gasteiger partial charge in [-0.05, 0) is 0 Å². The number of aliphatic hydroxyl groups excluding tert-OH is 1. The van der Waals surface area contributed by atoms with Crippen LogP contribution in [0.1, 0.15) is 48.5 Å². The normalized spacial score (nSPS) is 23.8. The van der Waals surface area contributed by atoms with Crippen LogP contribution in [0, 0.1) is 0 Å². The van der Waals surface area contributed by atoms with Crippen molar-refractivity contribution in [1.29, 1.82) is 0 Å². The molecule has 1 aliphatic heterocycles. The van der Waals surface area contributed by atoms with Crippen LogP contribution in [0.4, 0.5) is 0 Å². The van der Waals surface area contributed by atoms with Crippen molar-refractivity contribution in [2.24, 2.45) is 0 Å². The number of carbonyl (C=O) groups excluding carboxylic acids is 8. The highest BCUT2D eigenvalue weighted by Crippen LogP contribution is 2.32. The van der Waals surface area contributed by atoms with Gasteiger partial charge in [-0.3, -0.25) is 38.4 Å². The fourth-order valence-electron chi connectivity index (χ4n) is 4.01. The molecule has 0 bridgehead atoms. The van der Waals surface area contributed by atoms with E-state index in [1.165, 1.54) is 0 Å². The van der Waals surface area contributed by atoms with Gasteiger partial charge in [0.25, 0.3) is 0 Å². The first-order valence-electron chi connectivity index (χ1n) is 13.0. The third-order valence-electron chi connectivity index (χ3n) is 5.46. The standard InChI is InChI=1S/C26H36O18/c1-11(28)36-9-18(35)21(22(39-14(4)31)19(8-27)38-13(3)30)44-26-25(42-17(7)34)24(41-16(6)33)23(40-15(5)32)20(43-26)10-37-12(2)29/h8,18-26,35H,9-10H2,1-7H3/t18-,19+,20-,21-,22-,23-,24+,25-,26-/m1/s1. The van der Waals surface area contributed by atoms with E-state index in [1.807, 2.05) is 0 Å². The Balaban J connectivity index is 3.81. The summed E-state index contributed by atoms with van der Waals surface area (Å²) >= 11 is 0. The highest BCUT2D eigenvalue weighted by Gasteiger charge is 2.55. The van der Waals surface area contributed by atoms with E-state index < -0.39 is 110 Å². The Morgan fingerprint density at radius 1 is 0.659 bits per heavy atom. The number of hydrogen-bond donors (Lipinski definition) is 1. The van der Waals surface area contributed by atoms with E-state index in [0.717, 1.165) is 48.5 Å². The smallest absolute Gasteiger partial charge is 0.303 e. The number of carbonyl (C=O) groups is 8. The second-order valence-corrected chi connectivity index (χ2v) is 9.32. The molecule has 1 N–H and O–H groups in total. The summed E-state index contributed by atoms with van der Waals surface area (Å²) in [7, 11) is 0. The van der Waals surface area contributed by atoms with Crippen LogP contribution in [0.2, 0.25) is 0 Å².